The molecule has 0 N–H and O–H groups in total. The average molecular weight is 679 g/mol. The Morgan fingerprint density at radius 2 is 1.54 bits per heavy atom. The molecule has 10 heteroatoms. The highest BCUT2D eigenvalue weighted by atomic mass is 19.4. The fourth-order valence-corrected chi connectivity index (χ4v) is 6.03. The third-order valence-electron chi connectivity index (χ3n) is 8.78. The lowest BCUT2D eigenvalue weighted by molar-refractivity contribution is -0.145. The van der Waals surface area contributed by atoms with Crippen LogP contribution in [-0.2, 0) is 35.3 Å². The van der Waals surface area contributed by atoms with Crippen LogP contribution in [0.1, 0.15) is 28.0 Å². The molecule has 0 aliphatic carbocycles. The number of pyridine rings is 1. The van der Waals surface area contributed by atoms with Gasteiger partial charge in [0.1, 0.15) is 11.8 Å². The molecule has 3 heterocycles. The third kappa shape index (κ3) is 8.95. The molecule has 1 aliphatic heterocycles. The molecule has 1 unspecified atom stereocenters. The van der Waals surface area contributed by atoms with Crippen molar-refractivity contribution < 1.29 is 27.2 Å². The third-order valence-corrected chi connectivity index (χ3v) is 8.78. The summed E-state index contributed by atoms with van der Waals surface area (Å²) in [6.45, 7) is 3.08. The summed E-state index contributed by atoms with van der Waals surface area (Å²) in [5.41, 5.74) is 3.11. The molecule has 0 saturated carbocycles. The summed E-state index contributed by atoms with van der Waals surface area (Å²) in [4.78, 5) is 38.6. The first-order valence-corrected chi connectivity index (χ1v) is 16.5. The predicted molar refractivity (Wildman–Crippen MR) is 185 cm³/mol. The lowest BCUT2D eigenvalue weighted by Crippen LogP contribution is -2.56. The van der Waals surface area contributed by atoms with Crippen molar-refractivity contribution in [2.75, 3.05) is 26.2 Å². The molecule has 1 atom stereocenters. The molecule has 3 aromatic carbocycles. The van der Waals surface area contributed by atoms with Crippen molar-refractivity contribution in [1.29, 1.82) is 0 Å². The van der Waals surface area contributed by atoms with E-state index in [0.29, 0.717) is 38.3 Å². The number of carbonyl (C=O) groups excluding carboxylic acids is 2. The van der Waals surface area contributed by atoms with Crippen molar-refractivity contribution >= 4 is 17.9 Å². The number of benzene rings is 3. The smallest absolute Gasteiger partial charge is 0.416 e. The Kier molecular flexibility index (Phi) is 10.9. The summed E-state index contributed by atoms with van der Waals surface area (Å²) >= 11 is 0. The molecule has 256 valence electrons. The van der Waals surface area contributed by atoms with E-state index in [2.05, 4.69) is 9.88 Å². The molecule has 1 aliphatic rings. The van der Waals surface area contributed by atoms with Gasteiger partial charge in [-0.2, -0.15) is 13.2 Å². The molecule has 7 nitrogen and oxygen atoms in total. The van der Waals surface area contributed by atoms with Crippen molar-refractivity contribution in [2.24, 2.45) is 0 Å². The molecular weight excluding hydrogens is 641 g/mol. The number of hydrogen-bond acceptors (Lipinski definition) is 5. The first kappa shape index (κ1) is 34.4. The molecule has 50 heavy (non-hydrogen) atoms. The van der Waals surface area contributed by atoms with E-state index in [1.54, 1.807) is 17.4 Å². The van der Waals surface area contributed by atoms with Crippen molar-refractivity contribution in [2.45, 2.75) is 31.7 Å². The van der Waals surface area contributed by atoms with Crippen LogP contribution >= 0.6 is 0 Å². The second-order valence-corrected chi connectivity index (χ2v) is 12.2. The van der Waals surface area contributed by atoms with Gasteiger partial charge in [0.2, 0.25) is 11.8 Å². The van der Waals surface area contributed by atoms with Gasteiger partial charge in [-0.25, -0.2) is 0 Å². The van der Waals surface area contributed by atoms with Crippen LogP contribution < -0.4 is 0 Å². The van der Waals surface area contributed by atoms with Gasteiger partial charge in [-0.15, -0.1) is 0 Å². The number of aromatic nitrogens is 1. The molecule has 0 radical (unpaired) electrons. The van der Waals surface area contributed by atoms with Gasteiger partial charge < -0.3 is 14.2 Å². The van der Waals surface area contributed by atoms with Crippen LogP contribution in [-0.4, -0.2) is 63.7 Å². The maximum Gasteiger partial charge on any atom is 0.416 e. The predicted octanol–water partition coefficient (Wildman–Crippen LogP) is 7.36. The number of piperazine rings is 1. The number of hydrogen-bond donors (Lipinski definition) is 0. The Labute approximate surface area is 289 Å². The lowest BCUT2D eigenvalue weighted by Gasteiger charge is -2.39. The maximum atomic E-state index is 14.5. The molecule has 6 rings (SSSR count). The van der Waals surface area contributed by atoms with E-state index in [-0.39, 0.29) is 18.9 Å². The van der Waals surface area contributed by atoms with Gasteiger partial charge in [0.05, 0.1) is 24.1 Å². The molecule has 0 spiro atoms. The zero-order chi connectivity index (χ0) is 34.9. The normalized spacial score (nSPS) is 14.5. The highest BCUT2D eigenvalue weighted by molar-refractivity contribution is 5.95. The van der Waals surface area contributed by atoms with Gasteiger partial charge in [0.25, 0.3) is 0 Å². The number of halogens is 3. The molecular formula is C40H37F3N4O3. The summed E-state index contributed by atoms with van der Waals surface area (Å²) in [5.74, 6) is 0.273. The average Bonchev–Trinajstić information content (AvgIpc) is 3.66. The molecule has 5 aromatic rings. The SMILES string of the molecule is O=C(C(Cc1ccccc1)N(Cc1ccc(-c2ccccn2)cc1)C(=O)C=Cc1ccc(C(F)(F)F)cc1)N1CCN(Cc2ccco2)CC1. The van der Waals surface area contributed by atoms with Crippen molar-refractivity contribution in [3.63, 3.8) is 0 Å². The van der Waals surface area contributed by atoms with Crippen LogP contribution in [0.3, 0.4) is 0 Å². The van der Waals surface area contributed by atoms with Crippen LogP contribution in [0.15, 0.2) is 132 Å². The summed E-state index contributed by atoms with van der Waals surface area (Å²) in [6, 6.07) is 30.5. The largest absolute Gasteiger partial charge is 0.468 e. The van der Waals surface area contributed by atoms with Crippen LogP contribution in [0.25, 0.3) is 17.3 Å². The number of furan rings is 1. The molecule has 1 fully saturated rings. The molecule has 2 aromatic heterocycles. The zero-order valence-corrected chi connectivity index (χ0v) is 27.4. The number of rotatable bonds is 11. The van der Waals surface area contributed by atoms with E-state index in [0.717, 1.165) is 40.3 Å². The Bertz CT molecular complexity index is 1850. The lowest BCUT2D eigenvalue weighted by atomic mass is 10.0. The van der Waals surface area contributed by atoms with Crippen LogP contribution in [0.4, 0.5) is 13.2 Å². The maximum absolute atomic E-state index is 14.5. The van der Waals surface area contributed by atoms with Gasteiger partial charge in [0, 0.05) is 57.0 Å². The summed E-state index contributed by atoms with van der Waals surface area (Å²) in [7, 11) is 0. The fraction of sp³-hybridized carbons (Fsp3) is 0.225. The highest BCUT2D eigenvalue weighted by Crippen LogP contribution is 2.29. The highest BCUT2D eigenvalue weighted by Gasteiger charge is 2.34. The van der Waals surface area contributed by atoms with E-state index in [1.807, 2.05) is 89.8 Å². The summed E-state index contributed by atoms with van der Waals surface area (Å²) in [6.07, 6.45) is 2.01. The van der Waals surface area contributed by atoms with E-state index in [9.17, 15) is 22.8 Å². The fourth-order valence-electron chi connectivity index (χ4n) is 6.03. The van der Waals surface area contributed by atoms with Crippen molar-refractivity contribution in [3.05, 3.63) is 156 Å². The van der Waals surface area contributed by atoms with E-state index in [1.165, 1.54) is 24.3 Å². The minimum atomic E-state index is -4.46. The van der Waals surface area contributed by atoms with Gasteiger partial charge in [-0.1, -0.05) is 72.8 Å². The second kappa shape index (κ2) is 15.8. The van der Waals surface area contributed by atoms with Gasteiger partial charge in [-0.3, -0.25) is 19.5 Å². The zero-order valence-electron chi connectivity index (χ0n) is 27.4. The monoisotopic (exact) mass is 678 g/mol. The second-order valence-electron chi connectivity index (χ2n) is 12.2. The molecule has 0 bridgehead atoms. The Hall–Kier alpha value is -5.48. The molecule has 1 saturated heterocycles. The number of nitrogens with zero attached hydrogens (tertiary/aromatic N) is 4. The van der Waals surface area contributed by atoms with Crippen LogP contribution in [0, 0.1) is 0 Å². The van der Waals surface area contributed by atoms with E-state index < -0.39 is 23.7 Å². The molecule has 2 amide bonds. The standard InChI is InChI=1S/C40H37F3N4O3/c41-40(42,43)34-18-13-30(14-19-34)15-20-38(48)47(28-32-11-16-33(17-12-32)36-10-4-5-21-44-36)37(27-31-7-2-1-3-8-31)39(49)46-24-22-45(23-25-46)29-35-9-6-26-50-35/h1-21,26,37H,22-25,27-29H2. The topological polar surface area (TPSA) is 69.9 Å². The van der Waals surface area contributed by atoms with Crippen LogP contribution in [0.2, 0.25) is 0 Å². The summed E-state index contributed by atoms with van der Waals surface area (Å²) < 4.78 is 44.9. The number of alkyl halides is 3. The minimum absolute atomic E-state index is 0.139. The Morgan fingerprint density at radius 3 is 2.18 bits per heavy atom. The first-order chi connectivity index (χ1) is 24.2. The van der Waals surface area contributed by atoms with E-state index >= 15 is 0 Å². The summed E-state index contributed by atoms with van der Waals surface area (Å²) in [5, 5.41) is 0. The van der Waals surface area contributed by atoms with Gasteiger partial charge in [0.15, 0.2) is 0 Å². The minimum Gasteiger partial charge on any atom is -0.468 e. The van der Waals surface area contributed by atoms with Crippen LogP contribution in [0.5, 0.6) is 0 Å². The van der Waals surface area contributed by atoms with Gasteiger partial charge in [-0.05, 0) is 59.2 Å². The van der Waals surface area contributed by atoms with Crippen molar-refractivity contribution in [1.82, 2.24) is 19.7 Å². The quantitative estimate of drug-likeness (QED) is 0.137. The Morgan fingerprint density at radius 1 is 0.820 bits per heavy atom. The number of amides is 2. The van der Waals surface area contributed by atoms with Gasteiger partial charge >= 0.3 is 6.18 Å². The number of carbonyl (C=O) groups is 2. The van der Waals surface area contributed by atoms with Crippen molar-refractivity contribution in [3.8, 4) is 11.3 Å². The Balaban J connectivity index is 1.28. The first-order valence-electron chi connectivity index (χ1n) is 16.5. The van der Waals surface area contributed by atoms with E-state index in [4.69, 9.17) is 4.42 Å².